The van der Waals surface area contributed by atoms with Crippen molar-refractivity contribution in [2.45, 2.75) is 33.8 Å². The molecule has 2 aromatic rings. The molecule has 0 saturated carbocycles. The molecule has 24 heavy (non-hydrogen) atoms. The minimum absolute atomic E-state index is 0.0525. The lowest BCUT2D eigenvalue weighted by molar-refractivity contribution is -0.384. The normalized spacial score (nSPS) is 11.8. The highest BCUT2D eigenvalue weighted by atomic mass is 16.6. The molecule has 1 aromatic heterocycles. The Balaban J connectivity index is 2.19. The lowest BCUT2D eigenvalue weighted by atomic mass is 10.0. The van der Waals surface area contributed by atoms with Crippen LogP contribution in [0.1, 0.15) is 46.0 Å². The predicted molar refractivity (Wildman–Crippen MR) is 87.8 cm³/mol. The van der Waals surface area contributed by atoms with E-state index in [9.17, 15) is 19.7 Å². The number of aromatic amines is 1. The molecule has 1 aromatic carbocycles. The van der Waals surface area contributed by atoms with Gasteiger partial charge >= 0.3 is 0 Å². The minimum atomic E-state index is -0.803. The van der Waals surface area contributed by atoms with Crippen LogP contribution in [-0.4, -0.2) is 27.6 Å². The summed E-state index contributed by atoms with van der Waals surface area (Å²) >= 11 is 0. The van der Waals surface area contributed by atoms with E-state index in [1.54, 1.807) is 20.8 Å². The highest BCUT2D eigenvalue weighted by Gasteiger charge is 2.24. The van der Waals surface area contributed by atoms with E-state index in [1.165, 1.54) is 31.2 Å². The van der Waals surface area contributed by atoms with E-state index in [2.05, 4.69) is 4.98 Å². The van der Waals surface area contributed by atoms with Gasteiger partial charge in [-0.15, -0.1) is 0 Å². The number of rotatable bonds is 6. The van der Waals surface area contributed by atoms with Crippen molar-refractivity contribution in [1.82, 2.24) is 4.98 Å². The Kier molecular flexibility index (Phi) is 4.82. The number of aromatic nitrogens is 1. The zero-order chi connectivity index (χ0) is 18.0. The van der Waals surface area contributed by atoms with Crippen molar-refractivity contribution < 1.29 is 19.2 Å². The fraction of sp³-hybridized carbons (Fsp3) is 0.294. The second kappa shape index (κ2) is 6.66. The van der Waals surface area contributed by atoms with Gasteiger partial charge in [0, 0.05) is 23.4 Å². The molecule has 1 heterocycles. The van der Waals surface area contributed by atoms with Crippen molar-refractivity contribution in [3.63, 3.8) is 0 Å². The van der Waals surface area contributed by atoms with Crippen LogP contribution in [-0.2, 0) is 0 Å². The first-order valence-corrected chi connectivity index (χ1v) is 7.37. The molecule has 126 valence electrons. The van der Waals surface area contributed by atoms with E-state index in [-0.39, 0.29) is 17.3 Å². The van der Waals surface area contributed by atoms with E-state index in [0.717, 1.165) is 0 Å². The highest BCUT2D eigenvalue weighted by molar-refractivity contribution is 6.04. The molecule has 0 unspecified atom stereocenters. The number of nitro benzene ring substituents is 1. The Morgan fingerprint density at radius 1 is 1.21 bits per heavy atom. The van der Waals surface area contributed by atoms with E-state index in [0.29, 0.717) is 28.3 Å². The average molecular weight is 330 g/mol. The van der Waals surface area contributed by atoms with Gasteiger partial charge in [-0.3, -0.25) is 19.7 Å². The van der Waals surface area contributed by atoms with Gasteiger partial charge in [-0.05, 0) is 45.4 Å². The van der Waals surface area contributed by atoms with Crippen molar-refractivity contribution in [2.75, 3.05) is 0 Å². The predicted octanol–water partition coefficient (Wildman–Crippen LogP) is 3.39. The molecule has 0 aliphatic rings. The molecule has 0 spiro atoms. The summed E-state index contributed by atoms with van der Waals surface area (Å²) in [6, 6.07) is 5.50. The second-order valence-corrected chi connectivity index (χ2v) is 5.56. The zero-order valence-corrected chi connectivity index (χ0v) is 13.9. The second-order valence-electron chi connectivity index (χ2n) is 5.56. The standard InChI is InChI=1S/C17H18N2O5/c1-9-15(11(3)20)10(2)18-16(9)17(21)12(4)24-14-7-5-13(6-8-14)19(22)23/h5-8,12,18H,1-4H3/t12-/m0/s1. The maximum Gasteiger partial charge on any atom is 0.269 e. The van der Waals surface area contributed by atoms with Gasteiger partial charge in [0.1, 0.15) is 5.75 Å². The number of aryl methyl sites for hydroxylation is 1. The number of carbonyl (C=O) groups excluding carboxylic acids is 2. The van der Waals surface area contributed by atoms with Gasteiger partial charge < -0.3 is 9.72 Å². The molecule has 0 fully saturated rings. The summed E-state index contributed by atoms with van der Waals surface area (Å²) < 4.78 is 5.55. The number of nitrogens with one attached hydrogen (secondary N) is 1. The van der Waals surface area contributed by atoms with Gasteiger partial charge in [0.05, 0.1) is 10.6 Å². The maximum atomic E-state index is 12.6. The number of ketones is 2. The highest BCUT2D eigenvalue weighted by Crippen LogP contribution is 2.22. The molecule has 7 heteroatoms. The van der Waals surface area contributed by atoms with Crippen molar-refractivity contribution in [1.29, 1.82) is 0 Å². The smallest absolute Gasteiger partial charge is 0.269 e. The Morgan fingerprint density at radius 3 is 2.25 bits per heavy atom. The van der Waals surface area contributed by atoms with Crippen LogP contribution in [0.4, 0.5) is 5.69 Å². The number of nitrogens with zero attached hydrogens (tertiary/aromatic N) is 1. The first-order chi connectivity index (χ1) is 11.2. The Labute approximate surface area is 138 Å². The number of Topliss-reactive ketones (excluding diaryl/α,β-unsaturated/α-hetero) is 2. The topological polar surface area (TPSA) is 102 Å². The fourth-order valence-corrected chi connectivity index (χ4v) is 2.63. The molecular formula is C17H18N2O5. The average Bonchev–Trinajstić information content (AvgIpc) is 2.81. The monoisotopic (exact) mass is 330 g/mol. The maximum absolute atomic E-state index is 12.6. The van der Waals surface area contributed by atoms with Gasteiger partial charge in [-0.1, -0.05) is 0 Å². The number of nitro groups is 1. The van der Waals surface area contributed by atoms with Crippen LogP contribution in [0.3, 0.4) is 0 Å². The summed E-state index contributed by atoms with van der Waals surface area (Å²) in [4.78, 5) is 37.3. The molecule has 1 atom stereocenters. The third-order valence-corrected chi connectivity index (χ3v) is 3.77. The van der Waals surface area contributed by atoms with Crippen LogP contribution in [0.15, 0.2) is 24.3 Å². The molecule has 0 bridgehead atoms. The summed E-state index contributed by atoms with van der Waals surface area (Å²) in [5.41, 5.74) is 2.05. The molecule has 1 N–H and O–H groups in total. The first kappa shape index (κ1) is 17.4. The van der Waals surface area contributed by atoms with Crippen molar-refractivity contribution in [3.05, 3.63) is 56.9 Å². The molecule has 7 nitrogen and oxygen atoms in total. The summed E-state index contributed by atoms with van der Waals surface area (Å²) in [5, 5.41) is 10.6. The number of ether oxygens (including phenoxy) is 1. The molecule has 0 amide bonds. The lowest BCUT2D eigenvalue weighted by Crippen LogP contribution is -2.25. The third-order valence-electron chi connectivity index (χ3n) is 3.77. The number of H-pyrrole nitrogens is 1. The van der Waals surface area contributed by atoms with Crippen LogP contribution in [0, 0.1) is 24.0 Å². The van der Waals surface area contributed by atoms with Crippen LogP contribution in [0.5, 0.6) is 5.75 Å². The Bertz CT molecular complexity index is 805. The van der Waals surface area contributed by atoms with E-state index < -0.39 is 11.0 Å². The third kappa shape index (κ3) is 3.34. The number of benzene rings is 1. The van der Waals surface area contributed by atoms with Gasteiger partial charge in [-0.2, -0.15) is 0 Å². The van der Waals surface area contributed by atoms with E-state index in [4.69, 9.17) is 4.74 Å². The SMILES string of the molecule is CC(=O)c1c(C)[nH]c(C(=O)[C@H](C)Oc2ccc([N+](=O)[O-])cc2)c1C. The molecule has 0 aliphatic carbocycles. The van der Waals surface area contributed by atoms with E-state index in [1.807, 2.05) is 0 Å². The Morgan fingerprint density at radius 2 is 1.79 bits per heavy atom. The number of hydrogen-bond donors (Lipinski definition) is 1. The molecule has 2 rings (SSSR count). The van der Waals surface area contributed by atoms with Gasteiger partial charge in [0.2, 0.25) is 5.78 Å². The number of carbonyl (C=O) groups is 2. The van der Waals surface area contributed by atoms with Crippen LogP contribution in [0.2, 0.25) is 0 Å². The first-order valence-electron chi connectivity index (χ1n) is 7.37. The van der Waals surface area contributed by atoms with Crippen molar-refractivity contribution in [2.24, 2.45) is 0 Å². The van der Waals surface area contributed by atoms with Crippen molar-refractivity contribution in [3.8, 4) is 5.75 Å². The number of non-ortho nitro benzene ring substituents is 1. The minimum Gasteiger partial charge on any atom is -0.483 e. The van der Waals surface area contributed by atoms with Gasteiger partial charge in [0.15, 0.2) is 11.9 Å². The summed E-state index contributed by atoms with van der Waals surface area (Å²) in [6.07, 6.45) is -0.803. The van der Waals surface area contributed by atoms with E-state index >= 15 is 0 Å². The summed E-state index contributed by atoms with van der Waals surface area (Å²) in [7, 11) is 0. The van der Waals surface area contributed by atoms with Crippen LogP contribution >= 0.6 is 0 Å². The van der Waals surface area contributed by atoms with Crippen molar-refractivity contribution >= 4 is 17.3 Å². The van der Waals surface area contributed by atoms with Gasteiger partial charge in [0.25, 0.3) is 5.69 Å². The molecule has 0 saturated heterocycles. The fourth-order valence-electron chi connectivity index (χ4n) is 2.63. The summed E-state index contributed by atoms with van der Waals surface area (Å²) in [5.74, 6) is -0.0418. The molecular weight excluding hydrogens is 312 g/mol. The largest absolute Gasteiger partial charge is 0.483 e. The van der Waals surface area contributed by atoms with Crippen LogP contribution in [0.25, 0.3) is 0 Å². The summed E-state index contributed by atoms with van der Waals surface area (Å²) in [6.45, 7) is 6.50. The lowest BCUT2D eigenvalue weighted by Gasteiger charge is -2.13. The molecule has 0 radical (unpaired) electrons. The zero-order valence-electron chi connectivity index (χ0n) is 13.9. The Hall–Kier alpha value is -2.96. The number of hydrogen-bond acceptors (Lipinski definition) is 5. The quantitative estimate of drug-likeness (QED) is 0.497. The van der Waals surface area contributed by atoms with Crippen LogP contribution < -0.4 is 4.74 Å². The van der Waals surface area contributed by atoms with Gasteiger partial charge in [-0.25, -0.2) is 0 Å². The molecule has 0 aliphatic heterocycles.